The molecule has 0 aliphatic heterocycles. The summed E-state index contributed by atoms with van der Waals surface area (Å²) in [6.07, 6.45) is 2.82. The van der Waals surface area contributed by atoms with E-state index < -0.39 is 0 Å². The van der Waals surface area contributed by atoms with Crippen molar-refractivity contribution in [1.82, 2.24) is 15.1 Å². The fraction of sp³-hybridized carbons (Fsp3) is 0.357. The summed E-state index contributed by atoms with van der Waals surface area (Å²) in [6.45, 7) is 3.01. The molecule has 0 amide bonds. The van der Waals surface area contributed by atoms with Gasteiger partial charge in [0.2, 0.25) is 0 Å². The van der Waals surface area contributed by atoms with Gasteiger partial charge < -0.3 is 5.32 Å². The minimum atomic E-state index is -0.212. The second kappa shape index (κ2) is 7.00. The molecule has 6 heteroatoms. The van der Waals surface area contributed by atoms with Gasteiger partial charge in [0.05, 0.1) is 22.4 Å². The van der Waals surface area contributed by atoms with Crippen molar-refractivity contribution in [3.8, 4) is 0 Å². The Labute approximate surface area is 140 Å². The Morgan fingerprint density at radius 1 is 1.50 bits per heavy atom. The van der Waals surface area contributed by atoms with Crippen molar-refractivity contribution < 1.29 is 4.39 Å². The molecule has 0 saturated heterocycles. The molecule has 0 aliphatic rings. The number of halogens is 3. The van der Waals surface area contributed by atoms with Crippen LogP contribution in [0, 0.1) is 9.39 Å². The van der Waals surface area contributed by atoms with Crippen LogP contribution in [0.25, 0.3) is 0 Å². The van der Waals surface area contributed by atoms with Gasteiger partial charge in [0.25, 0.3) is 0 Å². The van der Waals surface area contributed by atoms with Crippen LogP contribution < -0.4 is 5.32 Å². The van der Waals surface area contributed by atoms with Crippen LogP contribution in [0.15, 0.2) is 28.9 Å². The Kier molecular flexibility index (Phi) is 5.57. The van der Waals surface area contributed by atoms with E-state index in [-0.39, 0.29) is 11.9 Å². The fourth-order valence-corrected chi connectivity index (χ4v) is 3.49. The molecule has 0 bridgehead atoms. The Bertz CT molecular complexity index is 581. The van der Waals surface area contributed by atoms with Crippen LogP contribution in [0.4, 0.5) is 4.39 Å². The molecule has 1 unspecified atom stereocenters. The maximum atomic E-state index is 13.3. The average molecular weight is 452 g/mol. The molecule has 0 saturated carbocycles. The molecule has 1 heterocycles. The van der Waals surface area contributed by atoms with Crippen molar-refractivity contribution in [2.24, 2.45) is 7.05 Å². The Morgan fingerprint density at radius 2 is 2.25 bits per heavy atom. The van der Waals surface area contributed by atoms with Gasteiger partial charge >= 0.3 is 0 Å². The van der Waals surface area contributed by atoms with Gasteiger partial charge in [-0.05, 0) is 69.2 Å². The predicted molar refractivity (Wildman–Crippen MR) is 90.2 cm³/mol. The molecule has 0 spiro atoms. The van der Waals surface area contributed by atoms with Crippen molar-refractivity contribution >= 4 is 38.5 Å². The predicted octanol–water partition coefficient (Wildman–Crippen LogP) is 4.02. The molecule has 0 fully saturated rings. The number of benzene rings is 1. The van der Waals surface area contributed by atoms with Crippen LogP contribution >= 0.6 is 38.5 Å². The number of nitrogens with zero attached hydrogens (tertiary/aromatic N) is 2. The monoisotopic (exact) mass is 451 g/mol. The van der Waals surface area contributed by atoms with Gasteiger partial charge in [-0.25, -0.2) is 4.39 Å². The Balaban J connectivity index is 2.47. The van der Waals surface area contributed by atoms with Crippen molar-refractivity contribution in [2.45, 2.75) is 19.4 Å². The zero-order valence-corrected chi connectivity index (χ0v) is 15.1. The van der Waals surface area contributed by atoms with Crippen LogP contribution in [0.3, 0.4) is 0 Å². The number of rotatable bonds is 5. The normalized spacial score (nSPS) is 12.7. The van der Waals surface area contributed by atoms with Crippen molar-refractivity contribution in [2.75, 3.05) is 6.54 Å². The lowest BCUT2D eigenvalue weighted by Crippen LogP contribution is -2.26. The van der Waals surface area contributed by atoms with E-state index in [4.69, 9.17) is 0 Å². The third-order valence-corrected chi connectivity index (χ3v) is 4.63. The molecular weight excluding hydrogens is 436 g/mol. The Morgan fingerprint density at radius 3 is 2.80 bits per heavy atom. The SMILES string of the molecule is CCCNC(c1ccc(F)cc1I)c1c(Br)cnn1C. The first kappa shape index (κ1) is 15.9. The highest BCUT2D eigenvalue weighted by molar-refractivity contribution is 14.1. The van der Waals surface area contributed by atoms with Gasteiger partial charge in [-0.15, -0.1) is 0 Å². The van der Waals surface area contributed by atoms with Crippen molar-refractivity contribution in [3.05, 3.63) is 49.5 Å². The lowest BCUT2D eigenvalue weighted by molar-refractivity contribution is 0.548. The smallest absolute Gasteiger partial charge is 0.124 e. The molecule has 3 nitrogen and oxygen atoms in total. The molecule has 2 rings (SSSR count). The summed E-state index contributed by atoms with van der Waals surface area (Å²) in [4.78, 5) is 0. The fourth-order valence-electron chi connectivity index (χ4n) is 2.12. The molecule has 1 aromatic heterocycles. The Hall–Kier alpha value is -0.470. The van der Waals surface area contributed by atoms with E-state index in [0.29, 0.717) is 0 Å². The largest absolute Gasteiger partial charge is 0.305 e. The topological polar surface area (TPSA) is 29.9 Å². The number of hydrogen-bond acceptors (Lipinski definition) is 2. The number of aromatic nitrogens is 2. The van der Waals surface area contributed by atoms with Gasteiger partial charge in [0.15, 0.2) is 0 Å². The summed E-state index contributed by atoms with van der Waals surface area (Å²) in [6, 6.07) is 4.89. The van der Waals surface area contributed by atoms with E-state index in [1.54, 1.807) is 12.3 Å². The highest BCUT2D eigenvalue weighted by atomic mass is 127. The second-order valence-corrected chi connectivity index (χ2v) is 6.57. The van der Waals surface area contributed by atoms with E-state index in [0.717, 1.165) is 32.3 Å². The molecule has 0 aliphatic carbocycles. The van der Waals surface area contributed by atoms with E-state index in [9.17, 15) is 4.39 Å². The third-order valence-electron chi connectivity index (χ3n) is 3.08. The average Bonchev–Trinajstić information content (AvgIpc) is 2.72. The maximum Gasteiger partial charge on any atom is 0.124 e. The summed E-state index contributed by atoms with van der Waals surface area (Å²) in [5.41, 5.74) is 2.10. The summed E-state index contributed by atoms with van der Waals surface area (Å²) in [7, 11) is 1.91. The minimum absolute atomic E-state index is 0.00988. The van der Waals surface area contributed by atoms with Gasteiger partial charge in [0, 0.05) is 10.6 Å². The zero-order chi connectivity index (χ0) is 14.7. The first-order chi connectivity index (χ1) is 9.54. The first-order valence-electron chi connectivity index (χ1n) is 6.40. The summed E-state index contributed by atoms with van der Waals surface area (Å²) in [5.74, 6) is -0.212. The first-order valence-corrected chi connectivity index (χ1v) is 8.27. The number of aryl methyl sites for hydroxylation is 1. The standard InChI is InChI=1S/C14H16BrFIN3/c1-3-6-18-13(14-11(15)8-19-20(14)2)10-5-4-9(16)7-12(10)17/h4-5,7-8,13,18H,3,6H2,1-2H3. The molecular formula is C14H16BrFIN3. The van der Waals surface area contributed by atoms with Gasteiger partial charge in [-0.1, -0.05) is 13.0 Å². The summed E-state index contributed by atoms with van der Waals surface area (Å²) >= 11 is 5.72. The van der Waals surface area contributed by atoms with Crippen LogP contribution in [0.2, 0.25) is 0 Å². The summed E-state index contributed by atoms with van der Waals surface area (Å²) in [5, 5.41) is 7.78. The van der Waals surface area contributed by atoms with Crippen molar-refractivity contribution in [1.29, 1.82) is 0 Å². The highest BCUT2D eigenvalue weighted by Gasteiger charge is 2.22. The van der Waals surface area contributed by atoms with E-state index >= 15 is 0 Å². The molecule has 0 radical (unpaired) electrons. The van der Waals surface area contributed by atoms with Gasteiger partial charge in [-0.2, -0.15) is 5.10 Å². The van der Waals surface area contributed by atoms with Crippen LogP contribution in [-0.4, -0.2) is 16.3 Å². The molecule has 20 heavy (non-hydrogen) atoms. The second-order valence-electron chi connectivity index (χ2n) is 4.55. The molecule has 1 aromatic carbocycles. The lowest BCUT2D eigenvalue weighted by Gasteiger charge is -2.21. The highest BCUT2D eigenvalue weighted by Crippen LogP contribution is 2.31. The molecule has 108 valence electrons. The van der Waals surface area contributed by atoms with E-state index in [1.807, 2.05) is 17.8 Å². The molecule has 1 atom stereocenters. The molecule has 2 aromatic rings. The van der Waals surface area contributed by atoms with Crippen molar-refractivity contribution in [3.63, 3.8) is 0 Å². The zero-order valence-electron chi connectivity index (χ0n) is 11.3. The van der Waals surface area contributed by atoms with E-state index in [2.05, 4.69) is 55.9 Å². The van der Waals surface area contributed by atoms with Crippen LogP contribution in [0.5, 0.6) is 0 Å². The lowest BCUT2D eigenvalue weighted by atomic mass is 10.0. The molecule has 1 N–H and O–H groups in total. The van der Waals surface area contributed by atoms with E-state index in [1.165, 1.54) is 6.07 Å². The van der Waals surface area contributed by atoms with Gasteiger partial charge in [-0.3, -0.25) is 4.68 Å². The minimum Gasteiger partial charge on any atom is -0.305 e. The van der Waals surface area contributed by atoms with Gasteiger partial charge in [0.1, 0.15) is 5.82 Å². The van der Waals surface area contributed by atoms with Crippen LogP contribution in [0.1, 0.15) is 30.6 Å². The van der Waals surface area contributed by atoms with Crippen LogP contribution in [-0.2, 0) is 7.05 Å². The summed E-state index contributed by atoms with van der Waals surface area (Å²) < 4.78 is 17.0. The maximum absolute atomic E-state index is 13.3. The number of nitrogens with one attached hydrogen (secondary N) is 1. The quantitative estimate of drug-likeness (QED) is 0.696. The third kappa shape index (κ3) is 3.40. The number of hydrogen-bond donors (Lipinski definition) is 1.